The molecule has 1 aromatic heterocycles. The van der Waals surface area contributed by atoms with Gasteiger partial charge in [0.25, 0.3) is 0 Å². The third kappa shape index (κ3) is 6.27. The van der Waals surface area contributed by atoms with Crippen molar-refractivity contribution in [2.24, 2.45) is 17.2 Å². The van der Waals surface area contributed by atoms with Crippen molar-refractivity contribution in [3.8, 4) is 23.3 Å². The minimum atomic E-state index is -0.831. The summed E-state index contributed by atoms with van der Waals surface area (Å²) in [5, 5.41) is 19.7. The fraction of sp³-hybridized carbons (Fsp3) is 0.0455. The van der Waals surface area contributed by atoms with E-state index in [9.17, 15) is 9.59 Å². The van der Waals surface area contributed by atoms with E-state index in [0.717, 1.165) is 0 Å². The van der Waals surface area contributed by atoms with Crippen molar-refractivity contribution in [3.63, 3.8) is 0 Å². The summed E-state index contributed by atoms with van der Waals surface area (Å²) in [6, 6.07) is 15.1. The van der Waals surface area contributed by atoms with Crippen LogP contribution in [-0.4, -0.2) is 35.1 Å². The second-order valence-electron chi connectivity index (χ2n) is 6.80. The number of pyridine rings is 1. The van der Waals surface area contributed by atoms with Gasteiger partial charge in [-0.15, -0.1) is 0 Å². The zero-order valence-corrected chi connectivity index (χ0v) is 17.8. The van der Waals surface area contributed by atoms with Gasteiger partial charge in [0, 0.05) is 17.2 Å². The number of imide groups is 1. The number of benzene rings is 2. The Labute approximate surface area is 194 Å². The van der Waals surface area contributed by atoms with Crippen molar-refractivity contribution in [1.82, 2.24) is 10.3 Å². The van der Waals surface area contributed by atoms with E-state index in [1.54, 1.807) is 42.5 Å². The van der Waals surface area contributed by atoms with Crippen molar-refractivity contribution >= 4 is 29.3 Å². The molecular weight excluding hydrogens is 440 g/mol. The molecule has 10 N–H and O–H groups in total. The fourth-order valence-electron chi connectivity index (χ4n) is 2.67. The molecule has 0 aliphatic carbocycles. The average Bonchev–Trinajstić information content (AvgIpc) is 2.81. The van der Waals surface area contributed by atoms with Gasteiger partial charge in [-0.05, 0) is 30.3 Å². The molecule has 34 heavy (non-hydrogen) atoms. The molecule has 0 spiro atoms. The van der Waals surface area contributed by atoms with Gasteiger partial charge in [-0.2, -0.15) is 4.98 Å². The second kappa shape index (κ2) is 10.6. The molecule has 0 bridgehead atoms. The van der Waals surface area contributed by atoms with Crippen LogP contribution in [0.5, 0.6) is 23.3 Å². The lowest BCUT2D eigenvalue weighted by atomic mass is 10.2. The maximum Gasteiger partial charge on any atom is 0.326 e. The number of hydrogen-bond donors (Lipinski definition) is 7. The summed E-state index contributed by atoms with van der Waals surface area (Å²) in [4.78, 5) is 27.8. The van der Waals surface area contributed by atoms with E-state index in [0.29, 0.717) is 16.9 Å². The van der Waals surface area contributed by atoms with Crippen LogP contribution in [0.1, 0.15) is 11.1 Å². The topological polar surface area (TPSA) is 215 Å². The van der Waals surface area contributed by atoms with Gasteiger partial charge in [-0.25, -0.2) is 4.79 Å². The van der Waals surface area contributed by atoms with Crippen LogP contribution in [0.2, 0.25) is 0 Å². The molecule has 0 radical (unpaired) electrons. The Hall–Kier alpha value is -4.97. The summed E-state index contributed by atoms with van der Waals surface area (Å²) < 4.78 is 11.6. The van der Waals surface area contributed by atoms with E-state index >= 15 is 0 Å². The van der Waals surface area contributed by atoms with Crippen molar-refractivity contribution in [1.29, 1.82) is 10.8 Å². The molecule has 12 heteroatoms. The molecular formula is C22H22N8O4. The minimum Gasteiger partial charge on any atom is -0.439 e. The molecule has 3 aromatic rings. The molecule has 0 fully saturated rings. The Bertz CT molecular complexity index is 1260. The van der Waals surface area contributed by atoms with Crippen LogP contribution in [0, 0.1) is 10.8 Å². The summed E-state index contributed by atoms with van der Waals surface area (Å²) in [6.07, 6.45) is 0. The minimum absolute atomic E-state index is 0.0590. The number of urea groups is 1. The number of nitrogen functional groups attached to an aromatic ring is 2. The molecule has 3 amide bonds. The van der Waals surface area contributed by atoms with Crippen molar-refractivity contribution < 1.29 is 19.1 Å². The van der Waals surface area contributed by atoms with Gasteiger partial charge in [0.05, 0.1) is 6.54 Å². The first kappa shape index (κ1) is 23.7. The molecule has 0 saturated carbocycles. The van der Waals surface area contributed by atoms with Gasteiger partial charge >= 0.3 is 6.03 Å². The van der Waals surface area contributed by atoms with Crippen molar-refractivity contribution in [3.05, 3.63) is 71.8 Å². The SMILES string of the molecule is N=C(N)c1cccc(Oc2ccc(NC(=O)NC(=O)CN)c(Oc3cccc(C(=N)N)c3)n2)c1. The number of amidine groups is 2. The first-order valence-electron chi connectivity index (χ1n) is 9.81. The largest absolute Gasteiger partial charge is 0.439 e. The number of nitrogens with two attached hydrogens (primary N) is 3. The zero-order valence-electron chi connectivity index (χ0n) is 17.8. The van der Waals surface area contributed by atoms with Gasteiger partial charge in [-0.3, -0.25) is 20.9 Å². The normalized spacial score (nSPS) is 10.1. The third-order valence-electron chi connectivity index (χ3n) is 4.25. The van der Waals surface area contributed by atoms with E-state index in [4.69, 9.17) is 37.5 Å². The molecule has 0 atom stereocenters. The van der Waals surface area contributed by atoms with Gasteiger partial charge in [0.1, 0.15) is 28.9 Å². The van der Waals surface area contributed by atoms with Crippen LogP contribution in [0.3, 0.4) is 0 Å². The first-order valence-corrected chi connectivity index (χ1v) is 9.81. The second-order valence-corrected chi connectivity index (χ2v) is 6.80. The Morgan fingerprint density at radius 3 is 2.03 bits per heavy atom. The lowest BCUT2D eigenvalue weighted by Gasteiger charge is -2.14. The molecule has 12 nitrogen and oxygen atoms in total. The molecule has 3 rings (SSSR count). The number of aromatic nitrogens is 1. The predicted octanol–water partition coefficient (Wildman–Crippen LogP) is 1.84. The van der Waals surface area contributed by atoms with Crippen LogP contribution in [-0.2, 0) is 4.79 Å². The Morgan fingerprint density at radius 2 is 1.47 bits per heavy atom. The fourth-order valence-corrected chi connectivity index (χ4v) is 2.67. The molecule has 0 saturated heterocycles. The van der Waals surface area contributed by atoms with Crippen LogP contribution in [0.25, 0.3) is 0 Å². The molecule has 2 aromatic carbocycles. The average molecular weight is 462 g/mol. The summed E-state index contributed by atoms with van der Waals surface area (Å²) in [5.41, 5.74) is 17.3. The van der Waals surface area contributed by atoms with E-state index < -0.39 is 11.9 Å². The highest BCUT2D eigenvalue weighted by Gasteiger charge is 2.15. The zero-order chi connectivity index (χ0) is 24.7. The van der Waals surface area contributed by atoms with Gasteiger partial charge in [0.2, 0.25) is 17.7 Å². The summed E-state index contributed by atoms with van der Waals surface area (Å²) in [6.45, 7) is -0.362. The molecule has 174 valence electrons. The lowest BCUT2D eigenvalue weighted by molar-refractivity contribution is -0.118. The van der Waals surface area contributed by atoms with Gasteiger partial charge in [0.15, 0.2) is 0 Å². The molecule has 0 aliphatic heterocycles. The monoisotopic (exact) mass is 462 g/mol. The number of amides is 3. The quantitative estimate of drug-likeness (QED) is 0.193. The van der Waals surface area contributed by atoms with Gasteiger partial charge in [-0.1, -0.05) is 24.3 Å². The van der Waals surface area contributed by atoms with Crippen LogP contribution in [0.4, 0.5) is 10.5 Å². The number of carbonyl (C=O) groups excluding carboxylic acids is 2. The standard InChI is InChI=1S/C22H22N8O4/c23-11-17(31)29-22(32)28-16-7-8-18(33-14-5-1-3-12(9-14)19(24)25)30-21(16)34-15-6-2-4-13(10-15)20(26)27/h1-10H,11,23H2,(H3,24,25)(H3,26,27)(H2,28,29,31,32). The van der Waals surface area contributed by atoms with Crippen LogP contribution < -0.4 is 37.3 Å². The number of anilines is 1. The Kier molecular flexibility index (Phi) is 7.36. The van der Waals surface area contributed by atoms with Crippen LogP contribution >= 0.6 is 0 Å². The summed E-state index contributed by atoms with van der Waals surface area (Å²) >= 11 is 0. The summed E-state index contributed by atoms with van der Waals surface area (Å²) in [7, 11) is 0. The van der Waals surface area contributed by atoms with Crippen molar-refractivity contribution in [2.75, 3.05) is 11.9 Å². The van der Waals surface area contributed by atoms with E-state index in [1.807, 2.05) is 0 Å². The number of nitrogens with one attached hydrogen (secondary N) is 4. The van der Waals surface area contributed by atoms with Crippen molar-refractivity contribution in [2.45, 2.75) is 0 Å². The number of carbonyl (C=O) groups is 2. The van der Waals surface area contributed by atoms with E-state index in [-0.39, 0.29) is 41.4 Å². The number of rotatable bonds is 8. The lowest BCUT2D eigenvalue weighted by Crippen LogP contribution is -2.38. The van der Waals surface area contributed by atoms with Crippen LogP contribution in [0.15, 0.2) is 60.7 Å². The maximum absolute atomic E-state index is 12.1. The first-order chi connectivity index (χ1) is 16.2. The molecule has 0 aliphatic rings. The third-order valence-corrected chi connectivity index (χ3v) is 4.25. The number of nitrogens with zero attached hydrogens (tertiary/aromatic N) is 1. The predicted molar refractivity (Wildman–Crippen MR) is 126 cm³/mol. The Morgan fingerprint density at radius 1 is 0.882 bits per heavy atom. The van der Waals surface area contributed by atoms with E-state index in [2.05, 4.69) is 15.6 Å². The number of hydrogen-bond acceptors (Lipinski definition) is 8. The highest BCUT2D eigenvalue weighted by Crippen LogP contribution is 2.32. The smallest absolute Gasteiger partial charge is 0.326 e. The highest BCUT2D eigenvalue weighted by atomic mass is 16.5. The molecule has 0 unspecified atom stereocenters. The Balaban J connectivity index is 1.92. The molecule has 1 heterocycles. The maximum atomic E-state index is 12.1. The van der Waals surface area contributed by atoms with E-state index in [1.165, 1.54) is 18.2 Å². The van der Waals surface area contributed by atoms with Gasteiger partial charge < -0.3 is 32.0 Å². The number of ether oxygens (including phenoxy) is 2. The summed E-state index contributed by atoms with van der Waals surface area (Å²) in [5.74, 6) is -0.232. The highest BCUT2D eigenvalue weighted by molar-refractivity contribution is 6.02.